The Morgan fingerprint density at radius 3 is 2.71 bits per heavy atom. The minimum absolute atomic E-state index is 0.117. The number of rotatable bonds is 4. The zero-order valence-electron chi connectivity index (χ0n) is 12.0. The maximum absolute atomic E-state index is 6.05. The van der Waals surface area contributed by atoms with E-state index in [2.05, 4.69) is 16.3 Å². The van der Waals surface area contributed by atoms with Gasteiger partial charge in [-0.15, -0.1) is 10.2 Å². The van der Waals surface area contributed by atoms with Gasteiger partial charge in [-0.1, -0.05) is 36.4 Å². The first-order valence-electron chi connectivity index (χ1n) is 6.84. The van der Waals surface area contributed by atoms with Crippen molar-refractivity contribution >= 4 is 10.8 Å². The van der Waals surface area contributed by atoms with Crippen molar-refractivity contribution in [2.24, 2.45) is 5.73 Å². The summed E-state index contributed by atoms with van der Waals surface area (Å²) in [4.78, 5) is 0. The summed E-state index contributed by atoms with van der Waals surface area (Å²) in [7, 11) is 0. The molecule has 0 saturated carbocycles. The predicted molar refractivity (Wildman–Crippen MR) is 79.9 cm³/mol. The Morgan fingerprint density at radius 2 is 2.00 bits per heavy atom. The molecule has 3 rings (SSSR count). The lowest BCUT2D eigenvalue weighted by molar-refractivity contribution is 0.260. The van der Waals surface area contributed by atoms with Gasteiger partial charge in [0, 0.05) is 23.9 Å². The number of aryl methyl sites for hydroxylation is 1. The summed E-state index contributed by atoms with van der Waals surface area (Å²) in [6.07, 6.45) is 0. The monoisotopic (exact) mass is 283 g/mol. The van der Waals surface area contributed by atoms with E-state index in [0.29, 0.717) is 11.8 Å². The molecule has 0 aliphatic carbocycles. The molecule has 0 aliphatic rings. The lowest BCUT2D eigenvalue weighted by atomic mass is 10.0. The Bertz CT molecular complexity index is 765. The van der Waals surface area contributed by atoms with Crippen LogP contribution in [0.3, 0.4) is 0 Å². The molecule has 3 aromatic rings. The van der Waals surface area contributed by atoms with Gasteiger partial charge in [0.15, 0.2) is 6.61 Å². The van der Waals surface area contributed by atoms with Gasteiger partial charge in [-0.2, -0.15) is 0 Å². The summed E-state index contributed by atoms with van der Waals surface area (Å²) in [5.41, 5.74) is 7.01. The third kappa shape index (κ3) is 2.73. The number of hydrogen-bond donors (Lipinski definition) is 1. The van der Waals surface area contributed by atoms with E-state index in [9.17, 15) is 0 Å². The van der Waals surface area contributed by atoms with Gasteiger partial charge in [0.25, 0.3) is 5.89 Å². The molecule has 5 nitrogen and oxygen atoms in total. The van der Waals surface area contributed by atoms with Crippen molar-refractivity contribution in [3.05, 3.63) is 53.7 Å². The molecule has 1 atom stereocenters. The molecule has 0 spiro atoms. The van der Waals surface area contributed by atoms with E-state index in [4.69, 9.17) is 14.9 Å². The van der Waals surface area contributed by atoms with Crippen LogP contribution in [0.2, 0.25) is 0 Å². The summed E-state index contributed by atoms with van der Waals surface area (Å²) in [6.45, 7) is 3.92. The number of ether oxygens (including phenoxy) is 1. The van der Waals surface area contributed by atoms with Gasteiger partial charge < -0.3 is 14.9 Å². The quantitative estimate of drug-likeness (QED) is 0.796. The van der Waals surface area contributed by atoms with Crippen LogP contribution >= 0.6 is 0 Å². The van der Waals surface area contributed by atoms with Crippen LogP contribution in [0.1, 0.15) is 30.3 Å². The standard InChI is InChI=1S/C16H17N3O2/c1-10(17)13-8-7-12-5-3-4-6-14(12)16(13)20-9-15-19-18-11(2)21-15/h3-8,10H,9,17H2,1-2H3/t10-/m0/s1. The SMILES string of the molecule is Cc1nnc(COc2c([C@H](C)N)ccc3ccccc23)o1. The van der Waals surface area contributed by atoms with Gasteiger partial charge >= 0.3 is 0 Å². The first-order valence-corrected chi connectivity index (χ1v) is 6.84. The molecule has 0 saturated heterocycles. The third-order valence-electron chi connectivity index (χ3n) is 3.31. The van der Waals surface area contributed by atoms with Gasteiger partial charge in [0.2, 0.25) is 5.89 Å². The van der Waals surface area contributed by atoms with E-state index in [0.717, 1.165) is 22.1 Å². The van der Waals surface area contributed by atoms with Crippen LogP contribution in [0.4, 0.5) is 0 Å². The molecule has 1 heterocycles. The number of fused-ring (bicyclic) bond motifs is 1. The van der Waals surface area contributed by atoms with Gasteiger partial charge in [0.1, 0.15) is 5.75 Å². The summed E-state index contributed by atoms with van der Waals surface area (Å²) in [6, 6.07) is 12.0. The summed E-state index contributed by atoms with van der Waals surface area (Å²) >= 11 is 0. The Balaban J connectivity index is 1.99. The van der Waals surface area contributed by atoms with Gasteiger partial charge in [-0.3, -0.25) is 0 Å². The average Bonchev–Trinajstić information content (AvgIpc) is 2.90. The van der Waals surface area contributed by atoms with Crippen LogP contribution in [-0.2, 0) is 6.61 Å². The van der Waals surface area contributed by atoms with Crippen molar-refractivity contribution in [3.63, 3.8) is 0 Å². The van der Waals surface area contributed by atoms with Gasteiger partial charge in [0.05, 0.1) is 0 Å². The zero-order chi connectivity index (χ0) is 14.8. The highest BCUT2D eigenvalue weighted by molar-refractivity contribution is 5.89. The lowest BCUT2D eigenvalue weighted by Gasteiger charge is -2.15. The molecule has 0 fully saturated rings. The maximum Gasteiger partial charge on any atom is 0.253 e. The molecule has 0 aliphatic heterocycles. The van der Waals surface area contributed by atoms with Crippen molar-refractivity contribution in [1.82, 2.24) is 10.2 Å². The Labute approximate surface area is 122 Å². The predicted octanol–water partition coefficient (Wildman–Crippen LogP) is 3.13. The Morgan fingerprint density at radius 1 is 1.19 bits per heavy atom. The molecular formula is C16H17N3O2. The summed E-state index contributed by atoms with van der Waals surface area (Å²) in [5, 5.41) is 9.88. The topological polar surface area (TPSA) is 74.2 Å². The highest BCUT2D eigenvalue weighted by atomic mass is 16.5. The van der Waals surface area contributed by atoms with E-state index < -0.39 is 0 Å². The van der Waals surface area contributed by atoms with E-state index in [-0.39, 0.29) is 12.6 Å². The fourth-order valence-electron chi connectivity index (χ4n) is 2.31. The molecule has 2 aromatic carbocycles. The first kappa shape index (κ1) is 13.6. The van der Waals surface area contributed by atoms with E-state index >= 15 is 0 Å². The van der Waals surface area contributed by atoms with Crippen LogP contribution in [0.5, 0.6) is 5.75 Å². The largest absolute Gasteiger partial charge is 0.483 e. The molecule has 2 N–H and O–H groups in total. The second-order valence-electron chi connectivity index (χ2n) is 5.00. The van der Waals surface area contributed by atoms with E-state index in [1.807, 2.05) is 37.3 Å². The van der Waals surface area contributed by atoms with Crippen molar-refractivity contribution in [3.8, 4) is 5.75 Å². The molecule has 0 unspecified atom stereocenters. The van der Waals surface area contributed by atoms with Crippen molar-refractivity contribution in [2.45, 2.75) is 26.5 Å². The van der Waals surface area contributed by atoms with E-state index in [1.165, 1.54) is 0 Å². The van der Waals surface area contributed by atoms with Crippen LogP contribution in [0.25, 0.3) is 10.8 Å². The third-order valence-corrected chi connectivity index (χ3v) is 3.31. The first-order chi connectivity index (χ1) is 10.1. The number of hydrogen-bond acceptors (Lipinski definition) is 5. The molecule has 0 radical (unpaired) electrons. The lowest BCUT2D eigenvalue weighted by Crippen LogP contribution is -2.08. The van der Waals surface area contributed by atoms with Crippen molar-refractivity contribution < 1.29 is 9.15 Å². The van der Waals surface area contributed by atoms with E-state index in [1.54, 1.807) is 6.92 Å². The number of nitrogens with zero attached hydrogens (tertiary/aromatic N) is 2. The highest BCUT2D eigenvalue weighted by Gasteiger charge is 2.13. The molecule has 108 valence electrons. The molecule has 0 amide bonds. The zero-order valence-corrected chi connectivity index (χ0v) is 12.0. The average molecular weight is 283 g/mol. The number of aromatic nitrogens is 2. The molecule has 1 aromatic heterocycles. The molecule has 5 heteroatoms. The maximum atomic E-state index is 6.05. The van der Waals surface area contributed by atoms with Crippen LogP contribution in [0.15, 0.2) is 40.8 Å². The fourth-order valence-corrected chi connectivity index (χ4v) is 2.31. The highest BCUT2D eigenvalue weighted by Crippen LogP contribution is 2.33. The van der Waals surface area contributed by atoms with Gasteiger partial charge in [-0.25, -0.2) is 0 Å². The van der Waals surface area contributed by atoms with Crippen molar-refractivity contribution in [1.29, 1.82) is 0 Å². The van der Waals surface area contributed by atoms with Crippen LogP contribution in [0, 0.1) is 6.92 Å². The van der Waals surface area contributed by atoms with Crippen LogP contribution < -0.4 is 10.5 Å². The second kappa shape index (κ2) is 5.54. The van der Waals surface area contributed by atoms with Crippen molar-refractivity contribution in [2.75, 3.05) is 0 Å². The number of benzene rings is 2. The van der Waals surface area contributed by atoms with Crippen LogP contribution in [-0.4, -0.2) is 10.2 Å². The fraction of sp³-hybridized carbons (Fsp3) is 0.250. The second-order valence-corrected chi connectivity index (χ2v) is 5.00. The van der Waals surface area contributed by atoms with Gasteiger partial charge in [-0.05, 0) is 12.3 Å². The normalized spacial score (nSPS) is 12.5. The smallest absolute Gasteiger partial charge is 0.253 e. The minimum Gasteiger partial charge on any atom is -0.483 e. The molecule has 21 heavy (non-hydrogen) atoms. The Kier molecular flexibility index (Phi) is 3.58. The molecular weight excluding hydrogens is 266 g/mol. The summed E-state index contributed by atoms with van der Waals surface area (Å²) in [5.74, 6) is 1.76. The molecule has 0 bridgehead atoms. The Hall–Kier alpha value is -2.40. The number of nitrogens with two attached hydrogens (primary N) is 1. The minimum atomic E-state index is -0.117. The summed E-state index contributed by atoms with van der Waals surface area (Å²) < 4.78 is 11.3.